The predicted molar refractivity (Wildman–Crippen MR) is 109 cm³/mol. The van der Waals surface area contributed by atoms with Gasteiger partial charge in [0, 0.05) is 38.1 Å². The summed E-state index contributed by atoms with van der Waals surface area (Å²) >= 11 is 5.44. The van der Waals surface area contributed by atoms with Crippen molar-refractivity contribution >= 4 is 28.7 Å². The van der Waals surface area contributed by atoms with Gasteiger partial charge in [-0.25, -0.2) is 4.39 Å². The predicted octanol–water partition coefficient (Wildman–Crippen LogP) is 2.74. The Balaban J connectivity index is 1.60. The van der Waals surface area contributed by atoms with Gasteiger partial charge in [0.25, 0.3) is 0 Å². The number of aromatic nitrogens is 1. The maximum Gasteiger partial charge on any atom is 0.189 e. The maximum atomic E-state index is 13.5. The molecule has 1 saturated heterocycles. The fourth-order valence-electron chi connectivity index (χ4n) is 2.93. The Morgan fingerprint density at radius 2 is 1.93 bits per heavy atom. The second-order valence-electron chi connectivity index (χ2n) is 6.13. The van der Waals surface area contributed by atoms with E-state index in [1.165, 1.54) is 11.9 Å². The summed E-state index contributed by atoms with van der Waals surface area (Å²) in [7, 11) is 0. The lowest BCUT2D eigenvalue weighted by Crippen LogP contribution is -2.51. The summed E-state index contributed by atoms with van der Waals surface area (Å²) in [5, 5.41) is 14.6. The second kappa shape index (κ2) is 8.77. The van der Waals surface area contributed by atoms with Crippen LogP contribution in [0.25, 0.3) is 0 Å². The molecule has 0 amide bonds. The molecule has 2 heterocycles. The highest BCUT2D eigenvalue weighted by atomic mass is 32.1. The topological polar surface area (TPSA) is 64.0 Å². The molecule has 0 bridgehead atoms. The molecule has 1 aromatic heterocycles. The summed E-state index contributed by atoms with van der Waals surface area (Å²) in [6.45, 7) is 5.14. The molecule has 0 unspecified atom stereocenters. The number of hydrogen-bond donors (Lipinski definition) is 2. The lowest BCUT2D eigenvalue weighted by atomic mass is 10.2. The van der Waals surface area contributed by atoms with E-state index in [1.807, 2.05) is 30.0 Å². The minimum atomic E-state index is -0.722. The van der Waals surface area contributed by atoms with Gasteiger partial charge in [0.1, 0.15) is 5.69 Å². The SMILES string of the molecule is CC/C(=N/NC(=S)N1CCN(c2ccccc2)CC1)c1nccc(F)c1O. The molecule has 142 valence electrons. The molecule has 2 aromatic rings. The first-order valence-electron chi connectivity index (χ1n) is 8.85. The number of rotatable bonds is 4. The summed E-state index contributed by atoms with van der Waals surface area (Å²) in [6.07, 6.45) is 1.78. The van der Waals surface area contributed by atoms with Gasteiger partial charge >= 0.3 is 0 Å². The molecule has 27 heavy (non-hydrogen) atoms. The van der Waals surface area contributed by atoms with Crippen LogP contribution >= 0.6 is 12.2 Å². The molecule has 6 nitrogen and oxygen atoms in total. The molecule has 8 heteroatoms. The van der Waals surface area contributed by atoms with Crippen LogP contribution in [-0.4, -0.2) is 52.0 Å². The van der Waals surface area contributed by atoms with Gasteiger partial charge in [-0.3, -0.25) is 10.4 Å². The van der Waals surface area contributed by atoms with Crippen molar-refractivity contribution in [1.82, 2.24) is 15.3 Å². The molecule has 0 saturated carbocycles. The van der Waals surface area contributed by atoms with Gasteiger partial charge in [-0.2, -0.15) is 5.10 Å². The Hall–Kier alpha value is -2.74. The number of pyridine rings is 1. The fraction of sp³-hybridized carbons (Fsp3) is 0.316. The number of benzene rings is 1. The first kappa shape index (κ1) is 19.0. The normalized spacial score (nSPS) is 15.0. The van der Waals surface area contributed by atoms with E-state index in [9.17, 15) is 9.50 Å². The van der Waals surface area contributed by atoms with Crippen LogP contribution in [-0.2, 0) is 0 Å². The average Bonchev–Trinajstić information content (AvgIpc) is 2.72. The largest absolute Gasteiger partial charge is 0.503 e. The molecule has 2 N–H and O–H groups in total. The lowest BCUT2D eigenvalue weighted by molar-refractivity contribution is 0.381. The van der Waals surface area contributed by atoms with Crippen LogP contribution < -0.4 is 10.3 Å². The van der Waals surface area contributed by atoms with E-state index in [1.54, 1.807) is 0 Å². The first-order chi connectivity index (χ1) is 13.1. The molecular formula is C19H22FN5OS. The van der Waals surface area contributed by atoms with E-state index in [0.717, 1.165) is 32.2 Å². The third-order valence-corrected chi connectivity index (χ3v) is 4.81. The van der Waals surface area contributed by atoms with E-state index in [0.29, 0.717) is 17.2 Å². The van der Waals surface area contributed by atoms with Crippen LogP contribution in [0.5, 0.6) is 5.75 Å². The van der Waals surface area contributed by atoms with Gasteiger partial charge < -0.3 is 14.9 Å². The molecule has 1 aromatic carbocycles. The zero-order chi connectivity index (χ0) is 19.2. The highest BCUT2D eigenvalue weighted by Crippen LogP contribution is 2.20. The van der Waals surface area contributed by atoms with E-state index in [4.69, 9.17) is 12.2 Å². The molecule has 1 aliphatic rings. The summed E-state index contributed by atoms with van der Waals surface area (Å²) in [4.78, 5) is 8.38. The summed E-state index contributed by atoms with van der Waals surface area (Å²) in [5.41, 5.74) is 4.63. The fourth-order valence-corrected chi connectivity index (χ4v) is 3.16. The van der Waals surface area contributed by atoms with E-state index in [-0.39, 0.29) is 5.69 Å². The van der Waals surface area contributed by atoms with Crippen molar-refractivity contribution in [2.45, 2.75) is 13.3 Å². The van der Waals surface area contributed by atoms with Crippen LogP contribution in [0.15, 0.2) is 47.7 Å². The number of nitrogens with zero attached hydrogens (tertiary/aromatic N) is 4. The Kier molecular flexibility index (Phi) is 6.18. The highest BCUT2D eigenvalue weighted by molar-refractivity contribution is 7.80. The van der Waals surface area contributed by atoms with Crippen LogP contribution in [0.4, 0.5) is 10.1 Å². The average molecular weight is 387 g/mol. The molecule has 1 fully saturated rings. The molecule has 0 radical (unpaired) electrons. The van der Waals surface area contributed by atoms with Crippen LogP contribution in [0.1, 0.15) is 19.0 Å². The minimum absolute atomic E-state index is 0.127. The Morgan fingerprint density at radius 3 is 2.59 bits per heavy atom. The zero-order valence-electron chi connectivity index (χ0n) is 15.1. The number of halogens is 1. The quantitative estimate of drug-likeness (QED) is 0.478. The van der Waals surface area contributed by atoms with Crippen molar-refractivity contribution in [3.63, 3.8) is 0 Å². The third kappa shape index (κ3) is 4.51. The number of aromatic hydroxyl groups is 1. The van der Waals surface area contributed by atoms with Crippen molar-refractivity contribution in [2.75, 3.05) is 31.1 Å². The van der Waals surface area contributed by atoms with Gasteiger partial charge in [-0.1, -0.05) is 25.1 Å². The van der Waals surface area contributed by atoms with E-state index >= 15 is 0 Å². The zero-order valence-corrected chi connectivity index (χ0v) is 15.9. The molecule has 3 rings (SSSR count). The van der Waals surface area contributed by atoms with Crippen molar-refractivity contribution in [3.8, 4) is 5.75 Å². The molecule has 1 aliphatic heterocycles. The van der Waals surface area contributed by atoms with Crippen molar-refractivity contribution < 1.29 is 9.50 Å². The monoisotopic (exact) mass is 387 g/mol. The Labute approximate surface area is 163 Å². The van der Waals surface area contributed by atoms with Crippen molar-refractivity contribution in [2.24, 2.45) is 5.10 Å². The van der Waals surface area contributed by atoms with Crippen LogP contribution in [0.2, 0.25) is 0 Å². The number of thiocarbonyl (C=S) groups is 1. The standard InChI is InChI=1S/C19H22FN5OS/c1-2-16(17-18(26)15(20)8-9-21-17)22-23-19(27)25-12-10-24(11-13-25)14-6-4-3-5-7-14/h3-9,26H,2,10-13H2,1H3,(H,23,27)/b22-16-. The van der Waals surface area contributed by atoms with Gasteiger partial charge in [0.05, 0.1) is 5.71 Å². The van der Waals surface area contributed by atoms with E-state index in [2.05, 4.69) is 32.5 Å². The number of para-hydroxylation sites is 1. The Morgan fingerprint density at radius 1 is 1.22 bits per heavy atom. The molecule has 0 aliphatic carbocycles. The van der Waals surface area contributed by atoms with Crippen LogP contribution in [0, 0.1) is 5.82 Å². The lowest BCUT2D eigenvalue weighted by Gasteiger charge is -2.37. The van der Waals surface area contributed by atoms with Gasteiger partial charge in [0.2, 0.25) is 0 Å². The third-order valence-electron chi connectivity index (χ3n) is 4.46. The summed E-state index contributed by atoms with van der Waals surface area (Å²) in [5.74, 6) is -1.22. The molecule has 0 spiro atoms. The first-order valence-corrected chi connectivity index (χ1v) is 9.26. The second-order valence-corrected chi connectivity index (χ2v) is 6.52. The van der Waals surface area contributed by atoms with Crippen molar-refractivity contribution in [3.05, 3.63) is 54.1 Å². The number of hydrazone groups is 1. The number of hydrogen-bond acceptors (Lipinski definition) is 5. The van der Waals surface area contributed by atoms with Crippen molar-refractivity contribution in [1.29, 1.82) is 0 Å². The van der Waals surface area contributed by atoms with E-state index < -0.39 is 11.6 Å². The number of anilines is 1. The number of piperazine rings is 1. The summed E-state index contributed by atoms with van der Waals surface area (Å²) in [6, 6.07) is 11.4. The number of nitrogens with one attached hydrogen (secondary N) is 1. The van der Waals surface area contributed by atoms with Gasteiger partial charge in [0.15, 0.2) is 16.7 Å². The van der Waals surface area contributed by atoms with Crippen LogP contribution in [0.3, 0.4) is 0 Å². The smallest absolute Gasteiger partial charge is 0.189 e. The summed E-state index contributed by atoms with van der Waals surface area (Å²) < 4.78 is 13.5. The van der Waals surface area contributed by atoms with Gasteiger partial charge in [-0.15, -0.1) is 0 Å². The minimum Gasteiger partial charge on any atom is -0.503 e. The highest BCUT2D eigenvalue weighted by Gasteiger charge is 2.19. The Bertz CT molecular complexity index is 822. The molecular weight excluding hydrogens is 365 g/mol. The molecule has 0 atom stereocenters. The van der Waals surface area contributed by atoms with Gasteiger partial charge in [-0.05, 0) is 36.8 Å². The maximum absolute atomic E-state index is 13.5.